The van der Waals surface area contributed by atoms with Crippen LogP contribution in [0.15, 0.2) is 42.5 Å². The predicted octanol–water partition coefficient (Wildman–Crippen LogP) is 5.18. The van der Waals surface area contributed by atoms with Crippen LogP contribution in [0.4, 0.5) is 0 Å². The van der Waals surface area contributed by atoms with Crippen LogP contribution in [0, 0.1) is 13.8 Å². The lowest BCUT2D eigenvalue weighted by Gasteiger charge is -2.24. The third-order valence-corrected chi connectivity index (χ3v) is 4.94. The second kappa shape index (κ2) is 7.10. The maximum atomic E-state index is 12.2. The van der Waals surface area contributed by atoms with Crippen molar-refractivity contribution in [3.63, 3.8) is 0 Å². The van der Waals surface area contributed by atoms with E-state index in [1.165, 1.54) is 22.4 Å². The molecule has 0 aliphatic carbocycles. The van der Waals surface area contributed by atoms with E-state index < -0.39 is 5.60 Å². The average molecular weight is 365 g/mol. The Balaban J connectivity index is 2.08. The number of esters is 1. The Bertz CT molecular complexity index is 981. The number of ether oxygens (including phenoxy) is 2. The van der Waals surface area contributed by atoms with E-state index in [2.05, 4.69) is 49.7 Å². The van der Waals surface area contributed by atoms with Crippen molar-refractivity contribution < 1.29 is 14.3 Å². The quantitative estimate of drug-likeness (QED) is 0.585. The van der Waals surface area contributed by atoms with Gasteiger partial charge in [-0.25, -0.2) is 4.79 Å². The number of hydrogen-bond donors (Lipinski definition) is 0. The Morgan fingerprint density at radius 1 is 1.07 bits per heavy atom. The first-order valence-corrected chi connectivity index (χ1v) is 9.27. The maximum Gasteiger partial charge on any atom is 0.349 e. The van der Waals surface area contributed by atoms with Crippen LogP contribution in [0.3, 0.4) is 0 Å². The highest BCUT2D eigenvalue weighted by atomic mass is 16.6. The van der Waals surface area contributed by atoms with Crippen molar-refractivity contribution in [2.75, 3.05) is 6.61 Å². The average Bonchev–Trinajstić information content (AvgIpc) is 2.86. The third-order valence-electron chi connectivity index (χ3n) is 4.94. The van der Waals surface area contributed by atoms with Gasteiger partial charge in [-0.15, -0.1) is 0 Å². The topological polar surface area (TPSA) is 40.5 Å². The van der Waals surface area contributed by atoms with E-state index in [-0.39, 0.29) is 5.97 Å². The number of hydrogen-bond acceptors (Lipinski definition) is 3. The molecule has 0 spiro atoms. The second-order valence-corrected chi connectivity index (χ2v) is 7.40. The molecule has 2 aromatic carbocycles. The molecule has 1 aromatic heterocycles. The van der Waals surface area contributed by atoms with Gasteiger partial charge >= 0.3 is 5.97 Å². The number of carbonyl (C=O) groups excluding carboxylic acids is 1. The first-order chi connectivity index (χ1) is 12.7. The SMILES string of the molecule is CCOC(=O)C(C)(C)Oc1ccc2c(c1)c(-c1ccc(C)cc1)c(C)n2C. The molecule has 0 saturated heterocycles. The van der Waals surface area contributed by atoms with Crippen LogP contribution in [0.5, 0.6) is 5.75 Å². The molecule has 0 fully saturated rings. The Hall–Kier alpha value is -2.75. The molecule has 0 amide bonds. The molecule has 0 unspecified atom stereocenters. The van der Waals surface area contributed by atoms with Gasteiger partial charge in [-0.2, -0.15) is 0 Å². The summed E-state index contributed by atoms with van der Waals surface area (Å²) in [4.78, 5) is 12.2. The van der Waals surface area contributed by atoms with E-state index in [9.17, 15) is 4.79 Å². The number of rotatable bonds is 5. The smallest absolute Gasteiger partial charge is 0.349 e. The second-order valence-electron chi connectivity index (χ2n) is 7.40. The zero-order valence-electron chi connectivity index (χ0n) is 16.9. The van der Waals surface area contributed by atoms with Gasteiger partial charge in [-0.1, -0.05) is 29.8 Å². The molecular formula is C23H27NO3. The fourth-order valence-electron chi connectivity index (χ4n) is 3.34. The Morgan fingerprint density at radius 3 is 2.37 bits per heavy atom. The van der Waals surface area contributed by atoms with Crippen molar-refractivity contribution in [3.8, 4) is 16.9 Å². The van der Waals surface area contributed by atoms with E-state index in [4.69, 9.17) is 9.47 Å². The summed E-state index contributed by atoms with van der Waals surface area (Å²) in [7, 11) is 2.07. The molecule has 0 atom stereocenters. The summed E-state index contributed by atoms with van der Waals surface area (Å²) in [6.07, 6.45) is 0. The largest absolute Gasteiger partial charge is 0.476 e. The minimum absolute atomic E-state index is 0.333. The van der Waals surface area contributed by atoms with Crippen LogP contribution >= 0.6 is 0 Å². The first kappa shape index (κ1) is 19.0. The van der Waals surface area contributed by atoms with E-state index in [0.29, 0.717) is 12.4 Å². The standard InChI is InChI=1S/C23H27NO3/c1-7-26-22(25)23(4,5)27-18-12-13-20-19(14-18)21(16(3)24(20)6)17-10-8-15(2)9-11-17/h8-14H,7H2,1-6H3. The first-order valence-electron chi connectivity index (χ1n) is 9.27. The minimum Gasteiger partial charge on any atom is -0.476 e. The molecule has 27 heavy (non-hydrogen) atoms. The zero-order chi connectivity index (χ0) is 19.8. The number of nitrogens with zero attached hydrogens (tertiary/aromatic N) is 1. The molecule has 4 nitrogen and oxygen atoms in total. The highest BCUT2D eigenvalue weighted by Crippen LogP contribution is 2.36. The molecule has 0 saturated carbocycles. The van der Waals surface area contributed by atoms with Crippen molar-refractivity contribution in [1.82, 2.24) is 4.57 Å². The van der Waals surface area contributed by atoms with Crippen LogP contribution in [0.1, 0.15) is 32.0 Å². The van der Waals surface area contributed by atoms with Crippen molar-refractivity contribution in [2.24, 2.45) is 7.05 Å². The van der Waals surface area contributed by atoms with Crippen molar-refractivity contribution >= 4 is 16.9 Å². The molecule has 1 heterocycles. The van der Waals surface area contributed by atoms with Crippen LogP contribution in [0.25, 0.3) is 22.0 Å². The maximum absolute atomic E-state index is 12.2. The lowest BCUT2D eigenvalue weighted by Crippen LogP contribution is -2.39. The van der Waals surface area contributed by atoms with Crippen LogP contribution in [-0.2, 0) is 16.6 Å². The fraction of sp³-hybridized carbons (Fsp3) is 0.348. The summed E-state index contributed by atoms with van der Waals surface area (Å²) in [6.45, 7) is 9.79. The van der Waals surface area contributed by atoms with Crippen LogP contribution < -0.4 is 4.74 Å². The van der Waals surface area contributed by atoms with E-state index >= 15 is 0 Å². The van der Waals surface area contributed by atoms with Crippen molar-refractivity contribution in [2.45, 2.75) is 40.2 Å². The van der Waals surface area contributed by atoms with Gasteiger partial charge in [-0.3, -0.25) is 0 Å². The third kappa shape index (κ3) is 3.57. The number of benzene rings is 2. The highest BCUT2D eigenvalue weighted by molar-refractivity contribution is 5.99. The zero-order valence-corrected chi connectivity index (χ0v) is 16.9. The van der Waals surface area contributed by atoms with E-state index in [0.717, 1.165) is 10.9 Å². The summed E-state index contributed by atoms with van der Waals surface area (Å²) in [6, 6.07) is 14.5. The van der Waals surface area contributed by atoms with E-state index in [1.54, 1.807) is 20.8 Å². The number of aryl methyl sites for hydroxylation is 2. The van der Waals surface area contributed by atoms with Crippen LogP contribution in [0.2, 0.25) is 0 Å². The van der Waals surface area contributed by atoms with Crippen molar-refractivity contribution in [3.05, 3.63) is 53.7 Å². The van der Waals surface area contributed by atoms with E-state index in [1.807, 2.05) is 18.2 Å². The van der Waals surface area contributed by atoms with Crippen LogP contribution in [-0.4, -0.2) is 22.7 Å². The predicted molar refractivity (Wildman–Crippen MR) is 109 cm³/mol. The molecule has 0 aliphatic rings. The molecule has 0 bridgehead atoms. The Morgan fingerprint density at radius 2 is 1.74 bits per heavy atom. The fourth-order valence-corrected chi connectivity index (χ4v) is 3.34. The summed E-state index contributed by atoms with van der Waals surface area (Å²) in [5, 5.41) is 1.11. The Kier molecular flexibility index (Phi) is 5.01. The lowest BCUT2D eigenvalue weighted by molar-refractivity contribution is -0.158. The number of aromatic nitrogens is 1. The van der Waals surface area contributed by atoms with Gasteiger partial charge in [0.05, 0.1) is 6.61 Å². The summed E-state index contributed by atoms with van der Waals surface area (Å²) >= 11 is 0. The molecule has 142 valence electrons. The van der Waals surface area contributed by atoms with Gasteiger partial charge in [0.15, 0.2) is 5.60 Å². The molecule has 0 aliphatic heterocycles. The molecule has 4 heteroatoms. The highest BCUT2D eigenvalue weighted by Gasteiger charge is 2.31. The molecule has 0 N–H and O–H groups in total. The molecule has 3 aromatic rings. The summed E-state index contributed by atoms with van der Waals surface area (Å²) < 4.78 is 13.3. The summed E-state index contributed by atoms with van der Waals surface area (Å²) in [5.41, 5.74) is 4.87. The lowest BCUT2D eigenvalue weighted by atomic mass is 10.0. The van der Waals surface area contributed by atoms with Gasteiger partial charge in [0.2, 0.25) is 0 Å². The van der Waals surface area contributed by atoms with Gasteiger partial charge in [-0.05, 0) is 58.4 Å². The minimum atomic E-state index is -1.04. The normalized spacial score (nSPS) is 11.6. The molecular weight excluding hydrogens is 338 g/mol. The Labute approximate surface area is 160 Å². The van der Waals surface area contributed by atoms with Crippen molar-refractivity contribution in [1.29, 1.82) is 0 Å². The molecule has 0 radical (unpaired) electrons. The number of fused-ring (bicyclic) bond motifs is 1. The van der Waals surface area contributed by atoms with Gasteiger partial charge in [0, 0.05) is 29.2 Å². The monoisotopic (exact) mass is 365 g/mol. The van der Waals surface area contributed by atoms with Gasteiger partial charge in [0.25, 0.3) is 0 Å². The van der Waals surface area contributed by atoms with Gasteiger partial charge in [0.1, 0.15) is 5.75 Å². The summed E-state index contributed by atoms with van der Waals surface area (Å²) in [5.74, 6) is 0.285. The molecule has 3 rings (SSSR count). The van der Waals surface area contributed by atoms with Gasteiger partial charge < -0.3 is 14.0 Å². The number of carbonyl (C=O) groups is 1.